The van der Waals surface area contributed by atoms with Gasteiger partial charge in [0.05, 0.1) is 7.11 Å². The lowest BCUT2D eigenvalue weighted by molar-refractivity contribution is -0.151. The molecule has 0 saturated carbocycles. The van der Waals surface area contributed by atoms with Crippen LogP contribution in [0, 0.1) is 25.5 Å². The summed E-state index contributed by atoms with van der Waals surface area (Å²) >= 11 is 0. The van der Waals surface area contributed by atoms with Gasteiger partial charge in [-0.3, -0.25) is 9.59 Å². The van der Waals surface area contributed by atoms with Gasteiger partial charge < -0.3 is 24.3 Å². The molecule has 3 aromatic rings. The number of nitrogens with zero attached hydrogens (tertiary/aromatic N) is 1. The van der Waals surface area contributed by atoms with Crippen LogP contribution in [0.15, 0.2) is 48.7 Å². The highest BCUT2D eigenvalue weighted by Crippen LogP contribution is 2.33. The Morgan fingerprint density at radius 2 is 1.54 bits per heavy atom. The first-order valence-electron chi connectivity index (χ1n) is 12.8. The maximum atomic E-state index is 14.0. The van der Waals surface area contributed by atoms with Gasteiger partial charge in [-0.2, -0.15) is 0 Å². The minimum Gasteiger partial charge on any atom is -0.493 e. The summed E-state index contributed by atoms with van der Waals surface area (Å²) in [6, 6.07) is 9.47. The lowest BCUT2D eigenvalue weighted by Crippen LogP contribution is -2.41. The number of aromatic nitrogens is 1. The van der Waals surface area contributed by atoms with Crippen LogP contribution in [0.1, 0.15) is 59.4 Å². The van der Waals surface area contributed by atoms with Crippen molar-refractivity contribution in [3.8, 4) is 11.5 Å². The molecule has 0 spiro atoms. The summed E-state index contributed by atoms with van der Waals surface area (Å²) in [4.78, 5) is 41.3. The van der Waals surface area contributed by atoms with Gasteiger partial charge in [-0.25, -0.2) is 18.6 Å². The molecule has 218 valence electrons. The summed E-state index contributed by atoms with van der Waals surface area (Å²) in [7, 11) is 1.36. The van der Waals surface area contributed by atoms with E-state index < -0.39 is 42.7 Å². The average Bonchev–Trinajstić information content (AvgIpc) is 2.92. The van der Waals surface area contributed by atoms with Gasteiger partial charge in [0, 0.05) is 25.1 Å². The van der Waals surface area contributed by atoms with Crippen LogP contribution in [0.2, 0.25) is 0 Å². The number of benzene rings is 2. The van der Waals surface area contributed by atoms with Gasteiger partial charge in [-0.1, -0.05) is 24.3 Å². The van der Waals surface area contributed by atoms with Crippen LogP contribution in [0.4, 0.5) is 8.78 Å². The molecule has 0 fully saturated rings. The molecule has 9 nitrogen and oxygen atoms in total. The van der Waals surface area contributed by atoms with Crippen molar-refractivity contribution in [1.29, 1.82) is 0 Å². The Morgan fingerprint density at radius 3 is 2.05 bits per heavy atom. The molecule has 1 aromatic heterocycles. The SMILES string of the molecule is COc1ccnc(C(=O)N[C@@H](C)C(=O)O[C@@H](C)C(c2ccc(F)c(C)c2)c2ccc(F)c(C)c2)c1OCOC(C)=O. The van der Waals surface area contributed by atoms with E-state index in [0.29, 0.717) is 22.3 Å². The molecule has 0 saturated heterocycles. The third kappa shape index (κ3) is 7.77. The van der Waals surface area contributed by atoms with Crippen LogP contribution < -0.4 is 14.8 Å². The Bertz CT molecular complexity index is 1380. The number of hydrogen-bond donors (Lipinski definition) is 1. The van der Waals surface area contributed by atoms with Crippen molar-refractivity contribution in [2.24, 2.45) is 0 Å². The second-order valence-electron chi connectivity index (χ2n) is 9.42. The molecule has 3 rings (SSSR count). The number of nitrogens with one attached hydrogen (secondary N) is 1. The lowest BCUT2D eigenvalue weighted by Gasteiger charge is -2.27. The molecule has 1 heterocycles. The standard InChI is InChI=1S/C30H32F2N2O7/c1-16-13-21(7-9-23(16)31)26(22-8-10-24(32)17(2)14-22)19(4)41-30(37)18(3)34-29(36)27-28(40-15-39-20(5)35)25(38-6)11-12-33-27/h7-14,18-19,26H,15H2,1-6H3,(H,34,36)/t18-,19-/m0/s1. The van der Waals surface area contributed by atoms with Crippen LogP contribution in [0.5, 0.6) is 11.5 Å². The first kappa shape index (κ1) is 31.0. The van der Waals surface area contributed by atoms with Crippen LogP contribution in [0.3, 0.4) is 0 Å². The third-order valence-corrected chi connectivity index (χ3v) is 6.32. The van der Waals surface area contributed by atoms with E-state index >= 15 is 0 Å². The molecule has 1 N–H and O–H groups in total. The maximum absolute atomic E-state index is 14.0. The predicted octanol–water partition coefficient (Wildman–Crippen LogP) is 4.77. The molecule has 0 aliphatic heterocycles. The van der Waals surface area contributed by atoms with Gasteiger partial charge >= 0.3 is 11.9 Å². The summed E-state index contributed by atoms with van der Waals surface area (Å²) in [5.74, 6) is -3.35. The van der Waals surface area contributed by atoms with Crippen LogP contribution in [-0.4, -0.2) is 48.9 Å². The van der Waals surface area contributed by atoms with Gasteiger partial charge in [0.1, 0.15) is 23.8 Å². The molecule has 0 aliphatic rings. The van der Waals surface area contributed by atoms with Crippen molar-refractivity contribution in [3.05, 3.63) is 88.2 Å². The molecule has 0 aliphatic carbocycles. The number of ether oxygens (including phenoxy) is 4. The number of pyridine rings is 1. The molecule has 0 bridgehead atoms. The zero-order chi connectivity index (χ0) is 30.3. The highest BCUT2D eigenvalue weighted by atomic mass is 19.1. The van der Waals surface area contributed by atoms with E-state index in [1.165, 1.54) is 45.4 Å². The Labute approximate surface area is 236 Å². The Balaban J connectivity index is 1.80. The molecule has 2 atom stereocenters. The quantitative estimate of drug-likeness (QED) is 0.259. The number of esters is 2. The van der Waals surface area contributed by atoms with E-state index in [1.54, 1.807) is 45.0 Å². The van der Waals surface area contributed by atoms with E-state index in [0.717, 1.165) is 0 Å². The number of hydrogen-bond acceptors (Lipinski definition) is 8. The van der Waals surface area contributed by atoms with E-state index in [2.05, 4.69) is 10.3 Å². The van der Waals surface area contributed by atoms with E-state index in [9.17, 15) is 23.2 Å². The molecular weight excluding hydrogens is 538 g/mol. The molecule has 2 aromatic carbocycles. The summed E-state index contributed by atoms with van der Waals surface area (Å²) in [5.41, 5.74) is 1.95. The van der Waals surface area contributed by atoms with Crippen molar-refractivity contribution >= 4 is 17.8 Å². The Morgan fingerprint density at radius 1 is 0.951 bits per heavy atom. The fraction of sp³-hybridized carbons (Fsp3) is 0.333. The van der Waals surface area contributed by atoms with Crippen molar-refractivity contribution in [2.45, 2.75) is 52.7 Å². The number of methoxy groups -OCH3 is 1. The number of amides is 1. The molecule has 0 radical (unpaired) electrons. The van der Waals surface area contributed by atoms with Crippen molar-refractivity contribution in [2.75, 3.05) is 13.9 Å². The Hall–Kier alpha value is -4.54. The fourth-order valence-corrected chi connectivity index (χ4v) is 4.20. The first-order valence-corrected chi connectivity index (χ1v) is 12.8. The van der Waals surface area contributed by atoms with Crippen molar-refractivity contribution < 1.29 is 42.1 Å². The third-order valence-electron chi connectivity index (χ3n) is 6.32. The maximum Gasteiger partial charge on any atom is 0.328 e. The van der Waals surface area contributed by atoms with Gasteiger partial charge in [-0.15, -0.1) is 0 Å². The van der Waals surface area contributed by atoms with Gasteiger partial charge in [0.2, 0.25) is 6.79 Å². The zero-order valence-electron chi connectivity index (χ0n) is 23.6. The fourth-order valence-electron chi connectivity index (χ4n) is 4.20. The van der Waals surface area contributed by atoms with Crippen molar-refractivity contribution in [1.82, 2.24) is 10.3 Å². The first-order chi connectivity index (χ1) is 19.4. The van der Waals surface area contributed by atoms with Crippen LogP contribution in [-0.2, 0) is 19.1 Å². The van der Waals surface area contributed by atoms with Crippen LogP contribution in [0.25, 0.3) is 0 Å². The zero-order valence-corrected chi connectivity index (χ0v) is 23.6. The summed E-state index contributed by atoms with van der Waals surface area (Å²) in [6.07, 6.45) is 0.534. The summed E-state index contributed by atoms with van der Waals surface area (Å²) in [6.45, 7) is 7.06. The average molecular weight is 571 g/mol. The number of halogens is 2. The molecule has 11 heteroatoms. The number of aryl methyl sites for hydroxylation is 2. The molecule has 41 heavy (non-hydrogen) atoms. The summed E-state index contributed by atoms with van der Waals surface area (Å²) in [5, 5.41) is 2.53. The van der Waals surface area contributed by atoms with Gasteiger partial charge in [0.25, 0.3) is 5.91 Å². The number of carbonyl (C=O) groups excluding carboxylic acids is 3. The Kier molecular flexibility index (Phi) is 10.3. The molecular formula is C30H32F2N2O7. The van der Waals surface area contributed by atoms with Crippen LogP contribution >= 0.6 is 0 Å². The minimum absolute atomic E-state index is 0.0823. The number of rotatable bonds is 11. The smallest absolute Gasteiger partial charge is 0.328 e. The van der Waals surface area contributed by atoms with Gasteiger partial charge in [-0.05, 0) is 62.1 Å². The topological polar surface area (TPSA) is 113 Å². The normalized spacial score (nSPS) is 12.3. The largest absolute Gasteiger partial charge is 0.493 e. The summed E-state index contributed by atoms with van der Waals surface area (Å²) < 4.78 is 49.2. The second-order valence-corrected chi connectivity index (χ2v) is 9.42. The predicted molar refractivity (Wildman–Crippen MR) is 145 cm³/mol. The lowest BCUT2D eigenvalue weighted by atomic mass is 9.85. The monoisotopic (exact) mass is 570 g/mol. The number of carbonyl (C=O) groups is 3. The van der Waals surface area contributed by atoms with E-state index in [1.807, 2.05) is 0 Å². The van der Waals surface area contributed by atoms with E-state index in [4.69, 9.17) is 18.9 Å². The van der Waals surface area contributed by atoms with Gasteiger partial charge in [0.15, 0.2) is 17.2 Å². The molecule has 1 amide bonds. The highest BCUT2D eigenvalue weighted by molar-refractivity contribution is 5.98. The van der Waals surface area contributed by atoms with E-state index in [-0.39, 0.29) is 28.8 Å². The highest BCUT2D eigenvalue weighted by Gasteiger charge is 2.29. The minimum atomic E-state index is -1.12. The van der Waals surface area contributed by atoms with Crippen molar-refractivity contribution in [3.63, 3.8) is 0 Å². The molecule has 0 unspecified atom stereocenters. The second kappa shape index (κ2) is 13.7.